The van der Waals surface area contributed by atoms with Crippen molar-refractivity contribution >= 4 is 11.4 Å². The lowest BCUT2D eigenvalue weighted by Crippen LogP contribution is -1.95. The minimum absolute atomic E-state index is 0.647. The average molecular weight is 226 g/mol. The molecule has 0 fully saturated rings. The summed E-state index contributed by atoms with van der Waals surface area (Å²) in [6.45, 7) is 3.97. The molecular formula is C13H14N4. The van der Waals surface area contributed by atoms with E-state index in [0.29, 0.717) is 5.56 Å². The number of nitrogens with zero attached hydrogens (tertiary/aromatic N) is 3. The molecule has 0 aliphatic carbocycles. The van der Waals surface area contributed by atoms with Gasteiger partial charge in [-0.1, -0.05) is 6.07 Å². The molecule has 0 saturated heterocycles. The highest BCUT2D eigenvalue weighted by Gasteiger charge is 2.09. The Morgan fingerprint density at radius 1 is 1.35 bits per heavy atom. The maximum absolute atomic E-state index is 8.85. The van der Waals surface area contributed by atoms with Crippen LogP contribution in [0.3, 0.4) is 0 Å². The van der Waals surface area contributed by atoms with E-state index >= 15 is 0 Å². The molecule has 17 heavy (non-hydrogen) atoms. The van der Waals surface area contributed by atoms with E-state index in [-0.39, 0.29) is 0 Å². The van der Waals surface area contributed by atoms with Crippen LogP contribution in [0, 0.1) is 25.2 Å². The molecule has 0 bridgehead atoms. The normalized spacial score (nSPS) is 10.0. The van der Waals surface area contributed by atoms with Crippen LogP contribution in [0.2, 0.25) is 0 Å². The van der Waals surface area contributed by atoms with Gasteiger partial charge in [-0.2, -0.15) is 10.4 Å². The van der Waals surface area contributed by atoms with E-state index in [4.69, 9.17) is 5.26 Å². The highest BCUT2D eigenvalue weighted by atomic mass is 15.3. The summed E-state index contributed by atoms with van der Waals surface area (Å²) in [5, 5.41) is 16.5. The quantitative estimate of drug-likeness (QED) is 0.856. The van der Waals surface area contributed by atoms with Crippen LogP contribution in [0.1, 0.15) is 17.0 Å². The molecule has 1 N–H and O–H groups in total. The number of aryl methyl sites for hydroxylation is 2. The van der Waals surface area contributed by atoms with Crippen molar-refractivity contribution in [1.29, 1.82) is 5.26 Å². The lowest BCUT2D eigenvalue weighted by atomic mass is 10.2. The lowest BCUT2D eigenvalue weighted by Gasteiger charge is -2.06. The van der Waals surface area contributed by atoms with Crippen LogP contribution in [-0.4, -0.2) is 9.78 Å². The van der Waals surface area contributed by atoms with Crippen LogP contribution < -0.4 is 5.32 Å². The number of benzene rings is 1. The van der Waals surface area contributed by atoms with Crippen LogP contribution in [-0.2, 0) is 7.05 Å². The first kappa shape index (κ1) is 11.2. The van der Waals surface area contributed by atoms with Crippen molar-refractivity contribution in [3.8, 4) is 6.07 Å². The Morgan fingerprint density at radius 2 is 2.12 bits per heavy atom. The van der Waals surface area contributed by atoms with Gasteiger partial charge in [0.2, 0.25) is 0 Å². The summed E-state index contributed by atoms with van der Waals surface area (Å²) < 4.78 is 1.84. The number of aromatic nitrogens is 2. The monoisotopic (exact) mass is 226 g/mol. The molecule has 1 heterocycles. The fourth-order valence-electron chi connectivity index (χ4n) is 1.77. The summed E-state index contributed by atoms with van der Waals surface area (Å²) in [6, 6.07) is 9.54. The van der Waals surface area contributed by atoms with Crippen molar-refractivity contribution in [2.45, 2.75) is 13.8 Å². The number of hydrogen-bond donors (Lipinski definition) is 1. The fourth-order valence-corrected chi connectivity index (χ4v) is 1.77. The Bertz CT molecular complexity index is 590. The summed E-state index contributed by atoms with van der Waals surface area (Å²) in [4.78, 5) is 0. The van der Waals surface area contributed by atoms with E-state index in [2.05, 4.69) is 16.5 Å². The standard InChI is InChI=1S/C13H14N4/c1-9-13(10(2)17(3)16-9)15-12-6-4-5-11(7-12)8-14/h4-7,15H,1-3H3. The summed E-state index contributed by atoms with van der Waals surface area (Å²) in [7, 11) is 1.92. The van der Waals surface area contributed by atoms with Crippen LogP contribution in [0.15, 0.2) is 24.3 Å². The van der Waals surface area contributed by atoms with E-state index in [1.807, 2.05) is 43.8 Å². The number of nitriles is 1. The summed E-state index contributed by atoms with van der Waals surface area (Å²) in [5.74, 6) is 0. The largest absolute Gasteiger partial charge is 0.352 e. The average Bonchev–Trinajstić information content (AvgIpc) is 2.56. The summed E-state index contributed by atoms with van der Waals surface area (Å²) in [5.41, 5.74) is 4.58. The zero-order valence-electron chi connectivity index (χ0n) is 10.2. The topological polar surface area (TPSA) is 53.6 Å². The molecule has 1 aromatic heterocycles. The molecule has 2 aromatic rings. The van der Waals surface area contributed by atoms with Gasteiger partial charge in [-0.25, -0.2) is 0 Å². The van der Waals surface area contributed by atoms with E-state index in [9.17, 15) is 0 Å². The number of anilines is 2. The van der Waals surface area contributed by atoms with E-state index in [0.717, 1.165) is 22.8 Å². The third-order valence-electron chi connectivity index (χ3n) is 2.77. The van der Waals surface area contributed by atoms with E-state index in [1.165, 1.54) is 0 Å². The van der Waals surface area contributed by atoms with Crippen LogP contribution in [0.25, 0.3) is 0 Å². The van der Waals surface area contributed by atoms with Gasteiger partial charge in [0.15, 0.2) is 0 Å². The second-order valence-electron chi connectivity index (χ2n) is 3.99. The first-order chi connectivity index (χ1) is 8.11. The molecule has 0 radical (unpaired) electrons. The van der Waals surface area contributed by atoms with Crippen LogP contribution in [0.4, 0.5) is 11.4 Å². The molecule has 0 unspecified atom stereocenters. The smallest absolute Gasteiger partial charge is 0.0992 e. The van der Waals surface area contributed by atoms with Crippen LogP contribution >= 0.6 is 0 Å². The van der Waals surface area contributed by atoms with Gasteiger partial charge in [-0.3, -0.25) is 4.68 Å². The summed E-state index contributed by atoms with van der Waals surface area (Å²) >= 11 is 0. The molecule has 86 valence electrons. The van der Waals surface area contributed by atoms with Gasteiger partial charge in [0, 0.05) is 12.7 Å². The zero-order valence-corrected chi connectivity index (χ0v) is 10.2. The molecule has 4 heteroatoms. The predicted octanol–water partition coefficient (Wildman–Crippen LogP) is 2.65. The molecule has 0 amide bonds. The van der Waals surface area contributed by atoms with Gasteiger partial charge in [0.25, 0.3) is 0 Å². The SMILES string of the molecule is Cc1nn(C)c(C)c1Nc1cccc(C#N)c1. The van der Waals surface area contributed by atoms with Crippen molar-refractivity contribution in [3.63, 3.8) is 0 Å². The Hall–Kier alpha value is -2.28. The highest BCUT2D eigenvalue weighted by Crippen LogP contribution is 2.23. The van der Waals surface area contributed by atoms with Gasteiger partial charge >= 0.3 is 0 Å². The number of rotatable bonds is 2. The van der Waals surface area contributed by atoms with Crippen molar-refractivity contribution in [2.24, 2.45) is 7.05 Å². The zero-order chi connectivity index (χ0) is 12.4. The molecule has 4 nitrogen and oxygen atoms in total. The van der Waals surface area contributed by atoms with Crippen molar-refractivity contribution < 1.29 is 0 Å². The Morgan fingerprint density at radius 3 is 2.71 bits per heavy atom. The Kier molecular flexibility index (Phi) is 2.84. The Labute approximate surface area is 100 Å². The second kappa shape index (κ2) is 4.30. The number of hydrogen-bond acceptors (Lipinski definition) is 3. The van der Waals surface area contributed by atoms with Crippen LogP contribution in [0.5, 0.6) is 0 Å². The molecule has 0 atom stereocenters. The van der Waals surface area contributed by atoms with Gasteiger partial charge in [-0.05, 0) is 32.0 Å². The molecule has 2 rings (SSSR count). The van der Waals surface area contributed by atoms with E-state index < -0.39 is 0 Å². The predicted molar refractivity (Wildman–Crippen MR) is 67.1 cm³/mol. The molecule has 0 saturated carbocycles. The molecule has 0 aliphatic rings. The van der Waals surface area contributed by atoms with Gasteiger partial charge in [0.1, 0.15) is 0 Å². The maximum atomic E-state index is 8.85. The first-order valence-corrected chi connectivity index (χ1v) is 5.39. The minimum Gasteiger partial charge on any atom is -0.352 e. The van der Waals surface area contributed by atoms with Crippen molar-refractivity contribution in [2.75, 3.05) is 5.32 Å². The lowest BCUT2D eigenvalue weighted by molar-refractivity contribution is 0.731. The number of nitrogens with one attached hydrogen (secondary N) is 1. The van der Waals surface area contributed by atoms with Crippen molar-refractivity contribution in [1.82, 2.24) is 9.78 Å². The molecular weight excluding hydrogens is 212 g/mol. The highest BCUT2D eigenvalue weighted by molar-refractivity contribution is 5.65. The summed E-state index contributed by atoms with van der Waals surface area (Å²) in [6.07, 6.45) is 0. The van der Waals surface area contributed by atoms with Crippen molar-refractivity contribution in [3.05, 3.63) is 41.2 Å². The maximum Gasteiger partial charge on any atom is 0.0992 e. The minimum atomic E-state index is 0.647. The molecule has 0 aliphatic heterocycles. The molecule has 1 aromatic carbocycles. The van der Waals surface area contributed by atoms with Gasteiger partial charge in [0.05, 0.1) is 28.7 Å². The third kappa shape index (κ3) is 2.13. The third-order valence-corrected chi connectivity index (χ3v) is 2.77. The Balaban J connectivity index is 2.35. The second-order valence-corrected chi connectivity index (χ2v) is 3.99. The first-order valence-electron chi connectivity index (χ1n) is 5.39. The van der Waals surface area contributed by atoms with E-state index in [1.54, 1.807) is 6.07 Å². The fraction of sp³-hybridized carbons (Fsp3) is 0.231. The van der Waals surface area contributed by atoms with Gasteiger partial charge in [-0.15, -0.1) is 0 Å². The van der Waals surface area contributed by atoms with Gasteiger partial charge < -0.3 is 5.32 Å². The molecule has 0 spiro atoms.